The summed E-state index contributed by atoms with van der Waals surface area (Å²) in [7, 11) is -9.56. The average Bonchev–Trinajstić information content (AvgIpc) is 3.46. The standard InChI is InChI=1S/C48H36O2SSi2/c49-51(50)47-33-31-43(52(37-19-7-1-8-20-37,38-21-9-2-10-22-38)39-23-11-3-12-24-39)35-45(47)46-36-44(32-34-48(46)51)53(40-25-13-4-14-26-40,41-27-15-5-16-28-41)42-29-17-6-18-30-42/h1-36H. The van der Waals surface area contributed by atoms with Gasteiger partial charge >= 0.3 is 0 Å². The van der Waals surface area contributed by atoms with Crippen LogP contribution in [0.15, 0.2) is 228 Å². The molecule has 0 spiro atoms. The molecule has 0 saturated heterocycles. The number of benzene rings is 8. The smallest absolute Gasteiger partial charge is 0.207 e. The second-order valence-corrected chi connectivity index (χ2v) is 23.1. The number of hydrogen-bond donors (Lipinski definition) is 0. The fourth-order valence-electron chi connectivity index (χ4n) is 8.66. The van der Waals surface area contributed by atoms with Crippen molar-refractivity contribution in [1.29, 1.82) is 0 Å². The molecule has 1 heterocycles. The molecule has 0 aliphatic carbocycles. The second kappa shape index (κ2) is 13.3. The molecule has 0 bridgehead atoms. The van der Waals surface area contributed by atoms with Crippen molar-refractivity contribution >= 4 is 67.5 Å². The van der Waals surface area contributed by atoms with Gasteiger partial charge in [-0.25, -0.2) is 8.42 Å². The predicted octanol–water partition coefficient (Wildman–Crippen LogP) is 5.25. The van der Waals surface area contributed by atoms with Crippen molar-refractivity contribution in [1.82, 2.24) is 0 Å². The molecular weight excluding hydrogens is 697 g/mol. The summed E-state index contributed by atoms with van der Waals surface area (Å²) in [5.41, 5.74) is 1.55. The molecule has 9 rings (SSSR count). The number of fused-ring (bicyclic) bond motifs is 3. The third-order valence-corrected chi connectivity index (χ3v) is 22.4. The Bertz CT molecular complexity index is 2280. The average molecular weight is 733 g/mol. The maximum Gasteiger partial charge on any atom is 0.207 e. The van der Waals surface area contributed by atoms with Crippen LogP contribution < -0.4 is 41.5 Å². The number of rotatable bonds is 8. The van der Waals surface area contributed by atoms with Crippen molar-refractivity contribution < 1.29 is 8.42 Å². The van der Waals surface area contributed by atoms with E-state index in [2.05, 4.69) is 206 Å². The van der Waals surface area contributed by atoms with Crippen LogP contribution in [0.4, 0.5) is 0 Å². The molecule has 8 aromatic carbocycles. The van der Waals surface area contributed by atoms with E-state index in [0.717, 1.165) is 21.5 Å². The Balaban J connectivity index is 1.35. The van der Waals surface area contributed by atoms with Gasteiger partial charge in [0.1, 0.15) is 0 Å². The maximum atomic E-state index is 14.4. The van der Waals surface area contributed by atoms with Crippen LogP contribution >= 0.6 is 0 Å². The Morgan fingerprint density at radius 1 is 0.264 bits per heavy atom. The zero-order valence-electron chi connectivity index (χ0n) is 29.0. The normalized spacial score (nSPS) is 13.2. The lowest BCUT2D eigenvalue weighted by molar-refractivity contribution is 0.598. The molecule has 1 aliphatic rings. The van der Waals surface area contributed by atoms with Crippen molar-refractivity contribution in [2.75, 3.05) is 0 Å². The number of hydrogen-bond acceptors (Lipinski definition) is 2. The van der Waals surface area contributed by atoms with Gasteiger partial charge in [-0.05, 0) is 53.6 Å². The minimum Gasteiger partial charge on any atom is -0.218 e. The molecule has 0 unspecified atom stereocenters. The number of sulfone groups is 1. The minimum absolute atomic E-state index is 0.372. The van der Waals surface area contributed by atoms with E-state index in [1.807, 2.05) is 12.1 Å². The molecule has 8 aromatic rings. The second-order valence-electron chi connectivity index (χ2n) is 13.6. The highest BCUT2D eigenvalue weighted by Gasteiger charge is 2.45. The summed E-state index contributed by atoms with van der Waals surface area (Å²) in [5, 5.41) is 9.77. The monoisotopic (exact) mass is 732 g/mol. The van der Waals surface area contributed by atoms with E-state index in [9.17, 15) is 8.42 Å². The molecule has 2 nitrogen and oxygen atoms in total. The summed E-state index contributed by atoms with van der Waals surface area (Å²) in [6, 6.07) is 76.9. The fourth-order valence-corrected chi connectivity index (χ4v) is 19.9. The quantitative estimate of drug-likeness (QED) is 0.158. The molecule has 0 saturated carbocycles. The molecule has 53 heavy (non-hydrogen) atoms. The van der Waals surface area contributed by atoms with Gasteiger partial charge in [0.25, 0.3) is 0 Å². The Labute approximate surface area is 313 Å². The summed E-state index contributed by atoms with van der Waals surface area (Å²) >= 11 is 0. The van der Waals surface area contributed by atoms with Crippen LogP contribution in [0.5, 0.6) is 0 Å². The summed E-state index contributed by atoms with van der Waals surface area (Å²) in [5.74, 6) is 0. The lowest BCUT2D eigenvalue weighted by atomic mass is 10.1. The van der Waals surface area contributed by atoms with Gasteiger partial charge in [0.15, 0.2) is 16.1 Å². The molecular formula is C48H36O2SSi2. The Hall–Kier alpha value is -5.86. The van der Waals surface area contributed by atoms with E-state index in [-0.39, 0.29) is 0 Å². The Morgan fingerprint density at radius 3 is 0.717 bits per heavy atom. The van der Waals surface area contributed by atoms with Gasteiger partial charge < -0.3 is 0 Å². The summed E-state index contributed by atoms with van der Waals surface area (Å²) in [6.07, 6.45) is 0. The highest BCUT2D eigenvalue weighted by Crippen LogP contribution is 2.42. The van der Waals surface area contributed by atoms with E-state index in [1.165, 1.54) is 31.1 Å². The predicted molar refractivity (Wildman–Crippen MR) is 225 cm³/mol. The lowest BCUT2D eigenvalue weighted by Crippen LogP contribution is -2.74. The van der Waals surface area contributed by atoms with Gasteiger partial charge in [-0.2, -0.15) is 0 Å². The molecule has 5 heteroatoms. The van der Waals surface area contributed by atoms with E-state index >= 15 is 0 Å². The van der Waals surface area contributed by atoms with Gasteiger partial charge in [0, 0.05) is 11.1 Å². The molecule has 0 amide bonds. The van der Waals surface area contributed by atoms with E-state index in [4.69, 9.17) is 0 Å². The van der Waals surface area contributed by atoms with Crippen LogP contribution in [0, 0.1) is 0 Å². The van der Waals surface area contributed by atoms with Gasteiger partial charge in [0.05, 0.1) is 9.79 Å². The summed E-state index contributed by atoms with van der Waals surface area (Å²) < 4.78 is 28.9. The van der Waals surface area contributed by atoms with Crippen LogP contribution in [-0.2, 0) is 9.84 Å². The lowest BCUT2D eigenvalue weighted by Gasteiger charge is -2.35. The molecule has 0 aromatic heterocycles. The maximum absolute atomic E-state index is 14.4. The highest BCUT2D eigenvalue weighted by atomic mass is 32.2. The molecule has 0 fully saturated rings. The molecule has 254 valence electrons. The zero-order valence-corrected chi connectivity index (χ0v) is 31.8. The van der Waals surface area contributed by atoms with Crippen molar-refractivity contribution in [2.24, 2.45) is 0 Å². The van der Waals surface area contributed by atoms with Crippen LogP contribution in [0.25, 0.3) is 11.1 Å². The van der Waals surface area contributed by atoms with Crippen molar-refractivity contribution in [3.8, 4) is 11.1 Å². The largest absolute Gasteiger partial charge is 0.218 e. The Kier molecular flexibility index (Phi) is 8.27. The first-order valence-corrected chi connectivity index (χ1v) is 23.4. The summed E-state index contributed by atoms with van der Waals surface area (Å²) in [6.45, 7) is 0. The summed E-state index contributed by atoms with van der Waals surface area (Å²) in [4.78, 5) is 0.744. The van der Waals surface area contributed by atoms with Gasteiger partial charge in [0.2, 0.25) is 9.84 Å². The van der Waals surface area contributed by atoms with Crippen LogP contribution in [0.2, 0.25) is 0 Å². The fraction of sp³-hybridized carbons (Fsp3) is 0. The van der Waals surface area contributed by atoms with Crippen molar-refractivity contribution in [3.05, 3.63) is 218 Å². The molecule has 0 N–H and O–H groups in total. The minimum atomic E-state index is -3.75. The third kappa shape index (κ3) is 5.15. The van der Waals surface area contributed by atoms with Crippen molar-refractivity contribution in [3.63, 3.8) is 0 Å². The third-order valence-electron chi connectivity index (χ3n) is 10.9. The van der Waals surface area contributed by atoms with Crippen LogP contribution in [0.1, 0.15) is 0 Å². The zero-order chi connectivity index (χ0) is 35.9. The van der Waals surface area contributed by atoms with Crippen molar-refractivity contribution in [2.45, 2.75) is 9.79 Å². The van der Waals surface area contributed by atoms with E-state index in [1.54, 1.807) is 0 Å². The SMILES string of the molecule is O=S1(=O)c2ccc([Si](c3ccccc3)(c3ccccc3)c3ccccc3)cc2-c2cc([Si](c3ccccc3)(c3ccccc3)c3ccccc3)ccc21. The topological polar surface area (TPSA) is 34.1 Å². The first-order valence-electron chi connectivity index (χ1n) is 17.9. The van der Waals surface area contributed by atoms with Crippen LogP contribution in [0.3, 0.4) is 0 Å². The first kappa shape index (κ1) is 33.0. The van der Waals surface area contributed by atoms with E-state index in [0.29, 0.717) is 9.79 Å². The van der Waals surface area contributed by atoms with E-state index < -0.39 is 26.0 Å². The highest BCUT2D eigenvalue weighted by molar-refractivity contribution is 7.92. The molecule has 1 aliphatic heterocycles. The van der Waals surface area contributed by atoms with Gasteiger partial charge in [-0.1, -0.05) is 206 Å². The Morgan fingerprint density at radius 2 is 0.491 bits per heavy atom. The molecule has 0 atom stereocenters. The first-order chi connectivity index (χ1) is 26.1. The van der Waals surface area contributed by atoms with Gasteiger partial charge in [-0.15, -0.1) is 0 Å². The van der Waals surface area contributed by atoms with Gasteiger partial charge in [-0.3, -0.25) is 0 Å². The van der Waals surface area contributed by atoms with Crippen LogP contribution in [-0.4, -0.2) is 24.6 Å². The molecule has 0 radical (unpaired) electrons.